The van der Waals surface area contributed by atoms with Crippen molar-refractivity contribution < 1.29 is 26.5 Å². The molecule has 1 fully saturated rings. The average Bonchev–Trinajstić information content (AvgIpc) is 2.83. The number of aromatic nitrogens is 1. The minimum absolute atomic E-state index is 0.0307. The van der Waals surface area contributed by atoms with Crippen LogP contribution < -0.4 is 4.90 Å². The number of nitrogens with zero attached hydrogens (tertiary/aromatic N) is 5. The van der Waals surface area contributed by atoms with E-state index in [4.69, 9.17) is 0 Å². The molecule has 0 radical (unpaired) electrons. The highest BCUT2D eigenvalue weighted by molar-refractivity contribution is 9.09. The van der Waals surface area contributed by atoms with E-state index in [1.807, 2.05) is 11.0 Å². The fraction of sp³-hybridized carbons (Fsp3) is 0.476. The van der Waals surface area contributed by atoms with Gasteiger partial charge in [-0.15, -0.1) is 0 Å². The maximum atomic E-state index is 14.1. The molecule has 2 heterocycles. The van der Waals surface area contributed by atoms with Crippen LogP contribution in [0.2, 0.25) is 0 Å². The van der Waals surface area contributed by atoms with Crippen molar-refractivity contribution in [2.75, 3.05) is 54.8 Å². The second kappa shape index (κ2) is 12.2. The predicted molar refractivity (Wildman–Crippen MR) is 136 cm³/mol. The van der Waals surface area contributed by atoms with Crippen LogP contribution in [-0.2, 0) is 22.7 Å². The molecule has 15 heteroatoms. The quantitative estimate of drug-likeness (QED) is 0.215. The van der Waals surface area contributed by atoms with Gasteiger partial charge in [0.25, 0.3) is 5.69 Å². The van der Waals surface area contributed by atoms with E-state index in [1.165, 1.54) is 4.90 Å². The number of nitro groups is 1. The zero-order valence-corrected chi connectivity index (χ0v) is 23.0. The number of sulfonamides is 1. The molecule has 1 saturated heterocycles. The molecule has 3 rings (SSSR count). The van der Waals surface area contributed by atoms with Gasteiger partial charge in [-0.1, -0.05) is 37.9 Å². The molecular weight excluding hydrogens is 635 g/mol. The number of pyridine rings is 1. The molecule has 9 nitrogen and oxygen atoms in total. The van der Waals surface area contributed by atoms with Crippen molar-refractivity contribution in [2.24, 2.45) is 0 Å². The van der Waals surface area contributed by atoms with Crippen LogP contribution in [0.4, 0.5) is 24.5 Å². The van der Waals surface area contributed by atoms with Crippen LogP contribution in [-0.4, -0.2) is 77.5 Å². The third-order valence-corrected chi connectivity index (χ3v) is 8.30. The molecule has 1 aliphatic rings. The number of alkyl halides is 5. The van der Waals surface area contributed by atoms with Gasteiger partial charge in [-0.25, -0.2) is 8.42 Å². The number of hydrogen-bond donors (Lipinski definition) is 0. The van der Waals surface area contributed by atoms with E-state index in [9.17, 15) is 31.7 Å². The molecule has 36 heavy (non-hydrogen) atoms. The Labute approximate surface area is 223 Å². The van der Waals surface area contributed by atoms with Crippen LogP contribution in [0.5, 0.6) is 0 Å². The van der Waals surface area contributed by atoms with Crippen molar-refractivity contribution in [1.29, 1.82) is 0 Å². The normalized spacial score (nSPS) is 15.7. The Bertz CT molecular complexity index is 1160. The van der Waals surface area contributed by atoms with Gasteiger partial charge in [0.2, 0.25) is 10.0 Å². The van der Waals surface area contributed by atoms with Gasteiger partial charge in [0.05, 0.1) is 16.2 Å². The predicted octanol–water partition coefficient (Wildman–Crippen LogP) is 4.11. The summed E-state index contributed by atoms with van der Waals surface area (Å²) >= 11 is 6.40. The number of non-ortho nitro benzene ring substituents is 1. The summed E-state index contributed by atoms with van der Waals surface area (Å²) in [4.78, 5) is 17.1. The second-order valence-electron chi connectivity index (χ2n) is 8.00. The van der Waals surface area contributed by atoms with Gasteiger partial charge in [0.15, 0.2) is 0 Å². The Hall–Kier alpha value is -1.81. The van der Waals surface area contributed by atoms with Crippen molar-refractivity contribution in [2.45, 2.75) is 17.6 Å². The lowest BCUT2D eigenvalue weighted by Crippen LogP contribution is -2.48. The first-order valence-corrected chi connectivity index (χ1v) is 14.5. The largest absolute Gasteiger partial charge is 0.418 e. The van der Waals surface area contributed by atoms with Crippen molar-refractivity contribution in [1.82, 2.24) is 14.2 Å². The summed E-state index contributed by atoms with van der Waals surface area (Å²) in [6.45, 7) is 1.42. The minimum atomic E-state index is -5.01. The van der Waals surface area contributed by atoms with Gasteiger partial charge in [-0.3, -0.25) is 20.0 Å². The molecule has 0 unspecified atom stereocenters. The Morgan fingerprint density at radius 3 is 2.25 bits per heavy atom. The first kappa shape index (κ1) is 28.8. The SMILES string of the molecule is O=[N+]([O-])c1cc(C(F)(F)F)c(N(CCBr)CCBr)c(S(=O)(=O)N2CCN(Cc3cccnc3)CC2)c1. The van der Waals surface area contributed by atoms with Crippen LogP contribution in [0.15, 0.2) is 41.6 Å². The maximum absolute atomic E-state index is 14.1. The smallest absolute Gasteiger partial charge is 0.368 e. The van der Waals surface area contributed by atoms with Crippen molar-refractivity contribution in [3.05, 3.63) is 57.9 Å². The minimum Gasteiger partial charge on any atom is -0.368 e. The first-order chi connectivity index (χ1) is 17.0. The van der Waals surface area contributed by atoms with E-state index in [0.717, 1.165) is 15.9 Å². The summed E-state index contributed by atoms with van der Waals surface area (Å²) in [5.74, 6) is 0. The van der Waals surface area contributed by atoms with Crippen molar-refractivity contribution in [3.63, 3.8) is 0 Å². The standard InChI is InChI=1S/C21H24Br2F3N5O4S/c22-3-6-29(7-4-23)20-18(21(24,25)26)12-17(31(32)33)13-19(20)36(34,35)30-10-8-28(9-11-30)15-16-2-1-5-27-14-16/h1-2,5,12-14H,3-4,6-11,15H2. The molecule has 0 bridgehead atoms. The molecule has 0 saturated carbocycles. The number of hydrogen-bond acceptors (Lipinski definition) is 7. The van der Waals surface area contributed by atoms with E-state index in [-0.39, 0.29) is 36.8 Å². The molecule has 2 aromatic rings. The number of rotatable bonds is 10. The van der Waals surface area contributed by atoms with Gasteiger partial charge in [0, 0.05) is 81.0 Å². The monoisotopic (exact) mass is 657 g/mol. The number of halogens is 5. The average molecular weight is 659 g/mol. The highest BCUT2D eigenvalue weighted by Crippen LogP contribution is 2.43. The number of piperazine rings is 1. The van der Waals surface area contributed by atoms with Crippen LogP contribution in [0.3, 0.4) is 0 Å². The highest BCUT2D eigenvalue weighted by atomic mass is 79.9. The van der Waals surface area contributed by atoms with Crippen LogP contribution in [0.1, 0.15) is 11.1 Å². The Morgan fingerprint density at radius 1 is 1.11 bits per heavy atom. The molecule has 0 amide bonds. The zero-order valence-electron chi connectivity index (χ0n) is 19.0. The van der Waals surface area contributed by atoms with Gasteiger partial charge in [0.1, 0.15) is 4.90 Å². The molecule has 0 aliphatic carbocycles. The lowest BCUT2D eigenvalue weighted by Gasteiger charge is -2.35. The fourth-order valence-electron chi connectivity index (χ4n) is 3.99. The van der Waals surface area contributed by atoms with Crippen LogP contribution in [0, 0.1) is 10.1 Å². The number of benzene rings is 1. The Balaban J connectivity index is 2.03. The Morgan fingerprint density at radius 2 is 1.75 bits per heavy atom. The molecule has 198 valence electrons. The van der Waals surface area contributed by atoms with E-state index in [0.29, 0.717) is 25.7 Å². The zero-order chi connectivity index (χ0) is 26.5. The summed E-state index contributed by atoms with van der Waals surface area (Å²) in [6.07, 6.45) is -1.65. The van der Waals surface area contributed by atoms with Gasteiger partial charge >= 0.3 is 6.18 Å². The van der Waals surface area contributed by atoms with E-state index < -0.39 is 43.0 Å². The van der Waals surface area contributed by atoms with E-state index in [1.54, 1.807) is 18.5 Å². The third kappa shape index (κ3) is 6.73. The second-order valence-corrected chi connectivity index (χ2v) is 11.5. The Kier molecular flexibility index (Phi) is 9.71. The first-order valence-electron chi connectivity index (χ1n) is 10.9. The molecule has 0 N–H and O–H groups in total. The van der Waals surface area contributed by atoms with Gasteiger partial charge in [-0.2, -0.15) is 17.5 Å². The maximum Gasteiger partial charge on any atom is 0.418 e. The van der Waals surface area contributed by atoms with Crippen LogP contribution >= 0.6 is 31.9 Å². The summed E-state index contributed by atoms with van der Waals surface area (Å²) in [7, 11) is -4.49. The van der Waals surface area contributed by atoms with E-state index >= 15 is 0 Å². The fourth-order valence-corrected chi connectivity index (χ4v) is 6.53. The lowest BCUT2D eigenvalue weighted by atomic mass is 10.1. The summed E-state index contributed by atoms with van der Waals surface area (Å²) in [5, 5.41) is 12.0. The van der Waals surface area contributed by atoms with Crippen molar-refractivity contribution in [3.8, 4) is 0 Å². The van der Waals surface area contributed by atoms with E-state index in [2.05, 4.69) is 36.8 Å². The summed E-state index contributed by atoms with van der Waals surface area (Å²) < 4.78 is 70.8. The lowest BCUT2D eigenvalue weighted by molar-refractivity contribution is -0.385. The summed E-state index contributed by atoms with van der Waals surface area (Å²) in [5.41, 5.74) is -1.92. The molecule has 1 aliphatic heterocycles. The van der Waals surface area contributed by atoms with Gasteiger partial charge in [-0.05, 0) is 11.6 Å². The number of nitro benzene ring substituents is 1. The highest BCUT2D eigenvalue weighted by Gasteiger charge is 2.42. The molecule has 1 aromatic carbocycles. The topological polar surface area (TPSA) is 99.9 Å². The third-order valence-electron chi connectivity index (χ3n) is 5.68. The number of anilines is 1. The van der Waals surface area contributed by atoms with Crippen LogP contribution in [0.25, 0.3) is 0 Å². The summed E-state index contributed by atoms with van der Waals surface area (Å²) in [6, 6.07) is 4.82. The molecular formula is C21H24Br2F3N5O4S. The molecule has 0 spiro atoms. The van der Waals surface area contributed by atoms with Crippen molar-refractivity contribution >= 4 is 53.3 Å². The van der Waals surface area contributed by atoms with Gasteiger partial charge < -0.3 is 4.90 Å². The molecule has 0 atom stereocenters. The molecule has 1 aromatic heterocycles.